The van der Waals surface area contributed by atoms with Gasteiger partial charge >= 0.3 is 0 Å². The maximum absolute atomic E-state index is 12.4. The van der Waals surface area contributed by atoms with Gasteiger partial charge in [-0.05, 0) is 49.1 Å². The Morgan fingerprint density at radius 1 is 1.38 bits per heavy atom. The van der Waals surface area contributed by atoms with E-state index in [0.717, 1.165) is 30.7 Å². The van der Waals surface area contributed by atoms with Crippen LogP contribution in [-0.4, -0.2) is 34.7 Å². The van der Waals surface area contributed by atoms with Crippen LogP contribution in [0.2, 0.25) is 0 Å². The van der Waals surface area contributed by atoms with E-state index in [9.17, 15) is 8.42 Å². The molecule has 0 spiro atoms. The molecule has 2 rings (SSSR count). The number of hydrogen-bond acceptors (Lipinski definition) is 4. The summed E-state index contributed by atoms with van der Waals surface area (Å²) in [6.45, 7) is 7.37. The molecule has 1 atom stereocenters. The van der Waals surface area contributed by atoms with Crippen LogP contribution in [0, 0.1) is 12.8 Å². The van der Waals surface area contributed by atoms with Crippen molar-refractivity contribution in [1.29, 1.82) is 0 Å². The number of nitrogens with one attached hydrogen (secondary N) is 2. The van der Waals surface area contributed by atoms with Gasteiger partial charge in [0.2, 0.25) is 10.0 Å². The number of hydrogen-bond donors (Lipinski definition) is 2. The molecule has 0 bridgehead atoms. The average molecular weight is 312 g/mol. The molecule has 0 radical (unpaired) electrons. The Labute approximate surface area is 127 Å². The van der Waals surface area contributed by atoms with Crippen LogP contribution in [0.15, 0.2) is 23.1 Å². The first-order valence-corrected chi connectivity index (χ1v) is 8.89. The maximum Gasteiger partial charge on any atom is 0.240 e. The van der Waals surface area contributed by atoms with Crippen LogP contribution in [0.25, 0.3) is 0 Å². The molecule has 0 saturated carbocycles. The summed E-state index contributed by atoms with van der Waals surface area (Å²) in [5, 5.41) is 3.23. The highest BCUT2D eigenvalue weighted by molar-refractivity contribution is 7.89. The van der Waals surface area contributed by atoms with E-state index in [1.807, 2.05) is 19.9 Å². The third-order valence-corrected chi connectivity index (χ3v) is 5.20. The van der Waals surface area contributed by atoms with Crippen LogP contribution in [0.3, 0.4) is 0 Å². The smallest absolute Gasteiger partial charge is 0.240 e. The minimum Gasteiger partial charge on any atom is -0.381 e. The fourth-order valence-electron chi connectivity index (χ4n) is 2.32. The van der Waals surface area contributed by atoms with Crippen LogP contribution in [0.5, 0.6) is 0 Å². The molecule has 21 heavy (non-hydrogen) atoms. The van der Waals surface area contributed by atoms with Crippen molar-refractivity contribution < 1.29 is 13.2 Å². The van der Waals surface area contributed by atoms with Gasteiger partial charge in [-0.25, -0.2) is 13.1 Å². The Kier molecular flexibility index (Phi) is 5.75. The predicted molar refractivity (Wildman–Crippen MR) is 82.7 cm³/mol. The monoisotopic (exact) mass is 312 g/mol. The third kappa shape index (κ3) is 4.51. The second-order valence-corrected chi connectivity index (χ2v) is 7.22. The summed E-state index contributed by atoms with van der Waals surface area (Å²) in [6.07, 6.45) is 0.919. The van der Waals surface area contributed by atoms with E-state index in [4.69, 9.17) is 4.74 Å². The van der Waals surface area contributed by atoms with Gasteiger partial charge in [0.1, 0.15) is 0 Å². The first kappa shape index (κ1) is 16.4. The molecule has 5 nitrogen and oxygen atoms in total. The van der Waals surface area contributed by atoms with Gasteiger partial charge in [-0.2, -0.15) is 0 Å². The van der Waals surface area contributed by atoms with E-state index in [1.165, 1.54) is 0 Å². The predicted octanol–water partition coefficient (Wildman–Crippen LogP) is 1.42. The molecular formula is C15H24N2O3S. The van der Waals surface area contributed by atoms with E-state index < -0.39 is 10.0 Å². The quantitative estimate of drug-likeness (QED) is 0.799. The van der Waals surface area contributed by atoms with Crippen LogP contribution in [-0.2, 0) is 21.3 Å². The standard InChI is InChI=1S/C15H24N2O3S/c1-3-16-10-14-8-15(5-4-12(14)2)21(18,19)17-9-13-6-7-20-11-13/h4-5,8,13,16-17H,3,6-7,9-11H2,1-2H3. The molecule has 1 aromatic carbocycles. The lowest BCUT2D eigenvalue weighted by atomic mass is 10.1. The molecule has 118 valence electrons. The zero-order valence-electron chi connectivity index (χ0n) is 12.7. The minimum atomic E-state index is -3.45. The Hall–Kier alpha value is -0.950. The maximum atomic E-state index is 12.4. The lowest BCUT2D eigenvalue weighted by Crippen LogP contribution is -2.29. The lowest BCUT2D eigenvalue weighted by molar-refractivity contribution is 0.186. The van der Waals surface area contributed by atoms with E-state index in [1.54, 1.807) is 12.1 Å². The van der Waals surface area contributed by atoms with E-state index in [0.29, 0.717) is 24.6 Å². The highest BCUT2D eigenvalue weighted by Crippen LogP contribution is 2.17. The van der Waals surface area contributed by atoms with Gasteiger partial charge < -0.3 is 10.1 Å². The molecule has 1 fully saturated rings. The normalized spacial score (nSPS) is 19.0. The van der Waals surface area contributed by atoms with E-state index >= 15 is 0 Å². The van der Waals surface area contributed by atoms with Crippen molar-refractivity contribution in [2.24, 2.45) is 5.92 Å². The summed E-state index contributed by atoms with van der Waals surface area (Å²) in [5.74, 6) is 0.284. The highest BCUT2D eigenvalue weighted by atomic mass is 32.2. The zero-order chi connectivity index (χ0) is 15.3. The van der Waals surface area contributed by atoms with Crippen molar-refractivity contribution in [2.45, 2.75) is 31.7 Å². The summed E-state index contributed by atoms with van der Waals surface area (Å²) in [4.78, 5) is 0.333. The molecule has 1 aromatic rings. The molecule has 1 heterocycles. The van der Waals surface area contributed by atoms with Crippen LogP contribution in [0.4, 0.5) is 0 Å². The largest absolute Gasteiger partial charge is 0.381 e. The van der Waals surface area contributed by atoms with Crippen molar-refractivity contribution in [2.75, 3.05) is 26.3 Å². The van der Waals surface area contributed by atoms with Crippen molar-refractivity contribution in [3.05, 3.63) is 29.3 Å². The summed E-state index contributed by atoms with van der Waals surface area (Å²) in [7, 11) is -3.45. The summed E-state index contributed by atoms with van der Waals surface area (Å²) in [5.41, 5.74) is 2.11. The second-order valence-electron chi connectivity index (χ2n) is 5.45. The summed E-state index contributed by atoms with van der Waals surface area (Å²) >= 11 is 0. The Morgan fingerprint density at radius 3 is 2.86 bits per heavy atom. The first-order valence-electron chi connectivity index (χ1n) is 7.40. The molecular weight excluding hydrogens is 288 g/mol. The van der Waals surface area contributed by atoms with Gasteiger partial charge in [0, 0.05) is 19.7 Å². The Balaban J connectivity index is 2.07. The molecule has 6 heteroatoms. The zero-order valence-corrected chi connectivity index (χ0v) is 13.5. The molecule has 1 unspecified atom stereocenters. The van der Waals surface area contributed by atoms with Gasteiger partial charge in [0.05, 0.1) is 11.5 Å². The topological polar surface area (TPSA) is 67.4 Å². The molecule has 1 aliphatic rings. The lowest BCUT2D eigenvalue weighted by Gasteiger charge is -2.13. The van der Waals surface area contributed by atoms with Gasteiger partial charge in [-0.15, -0.1) is 0 Å². The second kappa shape index (κ2) is 7.35. The molecule has 0 amide bonds. The van der Waals surface area contributed by atoms with Crippen molar-refractivity contribution in [1.82, 2.24) is 10.0 Å². The van der Waals surface area contributed by atoms with Crippen molar-refractivity contribution >= 4 is 10.0 Å². The van der Waals surface area contributed by atoms with Gasteiger partial charge in [0.25, 0.3) is 0 Å². The van der Waals surface area contributed by atoms with Crippen molar-refractivity contribution in [3.8, 4) is 0 Å². The van der Waals surface area contributed by atoms with Crippen molar-refractivity contribution in [3.63, 3.8) is 0 Å². The molecule has 0 aliphatic carbocycles. The molecule has 1 aliphatic heterocycles. The van der Waals surface area contributed by atoms with Crippen LogP contribution < -0.4 is 10.0 Å². The molecule has 0 aromatic heterocycles. The molecule has 2 N–H and O–H groups in total. The summed E-state index contributed by atoms with van der Waals surface area (Å²) < 4.78 is 32.7. The number of sulfonamides is 1. The number of ether oxygens (including phenoxy) is 1. The fraction of sp³-hybridized carbons (Fsp3) is 0.600. The van der Waals surface area contributed by atoms with Gasteiger partial charge in [0.15, 0.2) is 0 Å². The van der Waals surface area contributed by atoms with Gasteiger partial charge in [-0.3, -0.25) is 0 Å². The van der Waals surface area contributed by atoms with Gasteiger partial charge in [-0.1, -0.05) is 13.0 Å². The first-order chi connectivity index (χ1) is 10.0. The number of benzene rings is 1. The third-order valence-electron chi connectivity index (χ3n) is 3.78. The van der Waals surface area contributed by atoms with Crippen LogP contribution in [0.1, 0.15) is 24.5 Å². The molecule has 1 saturated heterocycles. The SMILES string of the molecule is CCNCc1cc(S(=O)(=O)NCC2CCOC2)ccc1C. The highest BCUT2D eigenvalue weighted by Gasteiger charge is 2.20. The Morgan fingerprint density at radius 2 is 2.19 bits per heavy atom. The number of rotatable bonds is 7. The fourth-order valence-corrected chi connectivity index (χ4v) is 3.49. The average Bonchev–Trinajstić information content (AvgIpc) is 2.97. The number of aryl methyl sites for hydroxylation is 1. The van der Waals surface area contributed by atoms with E-state index in [2.05, 4.69) is 10.0 Å². The van der Waals surface area contributed by atoms with Crippen LogP contribution >= 0.6 is 0 Å². The Bertz CT molecular complexity index is 566. The summed E-state index contributed by atoms with van der Waals surface area (Å²) in [6, 6.07) is 5.28. The van der Waals surface area contributed by atoms with E-state index in [-0.39, 0.29) is 5.92 Å². The minimum absolute atomic E-state index is 0.284.